The van der Waals surface area contributed by atoms with E-state index in [1.54, 1.807) is 12.4 Å². The summed E-state index contributed by atoms with van der Waals surface area (Å²) in [4.78, 5) is 8.04. The van der Waals surface area contributed by atoms with Crippen LogP contribution in [-0.2, 0) is 6.42 Å². The van der Waals surface area contributed by atoms with Crippen LogP contribution in [0.4, 0.5) is 0 Å². The minimum atomic E-state index is 0.0355. The highest BCUT2D eigenvalue weighted by molar-refractivity contribution is 5.31. The number of benzene rings is 1. The molecule has 0 amide bonds. The predicted octanol–water partition coefficient (Wildman–Crippen LogP) is 1.84. The normalized spacial score (nSPS) is 12.4. The molecule has 1 atom stereocenters. The number of rotatable bonds is 4. The van der Waals surface area contributed by atoms with Gasteiger partial charge in [-0.2, -0.15) is 0 Å². The van der Waals surface area contributed by atoms with Crippen LogP contribution in [0.25, 0.3) is 0 Å². The molecule has 0 saturated heterocycles. The molecule has 2 rings (SSSR count). The van der Waals surface area contributed by atoms with Crippen LogP contribution in [0, 0.1) is 13.8 Å². The van der Waals surface area contributed by atoms with E-state index < -0.39 is 0 Å². The van der Waals surface area contributed by atoms with E-state index in [1.807, 2.05) is 0 Å². The fourth-order valence-electron chi connectivity index (χ4n) is 1.93. The highest BCUT2D eigenvalue weighted by Gasteiger charge is 2.11. The van der Waals surface area contributed by atoms with Gasteiger partial charge in [-0.15, -0.1) is 0 Å². The van der Waals surface area contributed by atoms with Gasteiger partial charge < -0.3 is 0 Å². The Balaban J connectivity index is 2.18. The van der Waals surface area contributed by atoms with Gasteiger partial charge in [0.2, 0.25) is 0 Å². The first kappa shape index (κ1) is 12.7. The van der Waals surface area contributed by atoms with Crippen LogP contribution in [0.1, 0.15) is 28.3 Å². The third kappa shape index (κ3) is 2.91. The standard InChI is InChI=1S/C14H18N4/c1-10-3-4-12(5-11(10)2)6-14(18-15)13-7-16-9-17-8-13/h3-5,7-9,14,18H,6,15H2,1-2H3. The number of hydrogen-bond donors (Lipinski definition) is 2. The van der Waals surface area contributed by atoms with Gasteiger partial charge in [0.05, 0.1) is 6.04 Å². The van der Waals surface area contributed by atoms with Gasteiger partial charge in [0.1, 0.15) is 6.33 Å². The van der Waals surface area contributed by atoms with Gasteiger partial charge in [-0.3, -0.25) is 11.3 Å². The average Bonchev–Trinajstić information content (AvgIpc) is 2.41. The summed E-state index contributed by atoms with van der Waals surface area (Å²) >= 11 is 0. The minimum Gasteiger partial charge on any atom is -0.271 e. The maximum absolute atomic E-state index is 5.62. The molecule has 94 valence electrons. The van der Waals surface area contributed by atoms with E-state index in [-0.39, 0.29) is 6.04 Å². The van der Waals surface area contributed by atoms with Crippen molar-refractivity contribution in [2.75, 3.05) is 0 Å². The smallest absolute Gasteiger partial charge is 0.115 e. The number of nitrogens with two attached hydrogens (primary N) is 1. The van der Waals surface area contributed by atoms with Crippen molar-refractivity contribution in [1.82, 2.24) is 15.4 Å². The first-order chi connectivity index (χ1) is 8.70. The molecule has 4 nitrogen and oxygen atoms in total. The lowest BCUT2D eigenvalue weighted by molar-refractivity contribution is 0.548. The number of hydrogen-bond acceptors (Lipinski definition) is 4. The van der Waals surface area contributed by atoms with E-state index in [1.165, 1.54) is 23.0 Å². The molecule has 1 heterocycles. The molecular formula is C14H18N4. The Bertz CT molecular complexity index is 510. The van der Waals surface area contributed by atoms with Crippen LogP contribution in [0.15, 0.2) is 36.9 Å². The first-order valence-corrected chi connectivity index (χ1v) is 5.98. The van der Waals surface area contributed by atoms with Gasteiger partial charge in [0.25, 0.3) is 0 Å². The van der Waals surface area contributed by atoms with Crippen LogP contribution in [-0.4, -0.2) is 9.97 Å². The molecule has 18 heavy (non-hydrogen) atoms. The summed E-state index contributed by atoms with van der Waals surface area (Å²) < 4.78 is 0. The second kappa shape index (κ2) is 5.71. The van der Waals surface area contributed by atoms with Crippen LogP contribution < -0.4 is 11.3 Å². The van der Waals surface area contributed by atoms with Crippen molar-refractivity contribution < 1.29 is 0 Å². The first-order valence-electron chi connectivity index (χ1n) is 5.98. The molecule has 0 fully saturated rings. The van der Waals surface area contributed by atoms with Gasteiger partial charge in [-0.25, -0.2) is 9.97 Å². The Hall–Kier alpha value is -1.78. The van der Waals surface area contributed by atoms with Crippen LogP contribution in [0.3, 0.4) is 0 Å². The molecule has 0 saturated carbocycles. The van der Waals surface area contributed by atoms with Gasteiger partial charge in [-0.05, 0) is 37.0 Å². The fraction of sp³-hybridized carbons (Fsp3) is 0.286. The van der Waals surface area contributed by atoms with Crippen molar-refractivity contribution in [3.05, 3.63) is 59.2 Å². The SMILES string of the molecule is Cc1ccc(CC(NN)c2cncnc2)cc1C. The molecule has 0 aliphatic rings. The van der Waals surface area contributed by atoms with Crippen molar-refractivity contribution in [3.63, 3.8) is 0 Å². The maximum atomic E-state index is 5.62. The zero-order chi connectivity index (χ0) is 13.0. The second-order valence-corrected chi connectivity index (χ2v) is 4.51. The van der Waals surface area contributed by atoms with Gasteiger partial charge >= 0.3 is 0 Å². The van der Waals surface area contributed by atoms with E-state index in [2.05, 4.69) is 47.4 Å². The topological polar surface area (TPSA) is 63.8 Å². The van der Waals surface area contributed by atoms with Crippen molar-refractivity contribution >= 4 is 0 Å². The van der Waals surface area contributed by atoms with Crippen LogP contribution in [0.2, 0.25) is 0 Å². The zero-order valence-electron chi connectivity index (χ0n) is 10.7. The van der Waals surface area contributed by atoms with E-state index in [4.69, 9.17) is 5.84 Å². The Morgan fingerprint density at radius 2 is 1.89 bits per heavy atom. The summed E-state index contributed by atoms with van der Waals surface area (Å²) in [5.41, 5.74) is 7.68. The Kier molecular flexibility index (Phi) is 4.02. The summed E-state index contributed by atoms with van der Waals surface area (Å²) in [5.74, 6) is 5.62. The lowest BCUT2D eigenvalue weighted by atomic mass is 9.98. The van der Waals surface area contributed by atoms with Crippen LogP contribution >= 0.6 is 0 Å². The molecule has 0 spiro atoms. The molecule has 0 radical (unpaired) electrons. The minimum absolute atomic E-state index is 0.0355. The Morgan fingerprint density at radius 3 is 2.50 bits per heavy atom. The molecule has 0 bridgehead atoms. The third-order valence-electron chi connectivity index (χ3n) is 3.20. The van der Waals surface area contributed by atoms with E-state index >= 15 is 0 Å². The van der Waals surface area contributed by atoms with Crippen LogP contribution in [0.5, 0.6) is 0 Å². The highest BCUT2D eigenvalue weighted by Crippen LogP contribution is 2.18. The molecule has 0 aliphatic carbocycles. The second-order valence-electron chi connectivity index (χ2n) is 4.51. The van der Waals surface area contributed by atoms with Crippen molar-refractivity contribution in [3.8, 4) is 0 Å². The summed E-state index contributed by atoms with van der Waals surface area (Å²) in [5, 5.41) is 0. The number of nitrogens with one attached hydrogen (secondary N) is 1. The number of nitrogens with zero attached hydrogens (tertiary/aromatic N) is 2. The third-order valence-corrected chi connectivity index (χ3v) is 3.20. The Morgan fingerprint density at radius 1 is 1.17 bits per heavy atom. The van der Waals surface area contributed by atoms with E-state index in [0.717, 1.165) is 12.0 Å². The molecule has 3 N–H and O–H groups in total. The number of aryl methyl sites for hydroxylation is 2. The molecule has 1 unspecified atom stereocenters. The molecule has 0 aliphatic heterocycles. The summed E-state index contributed by atoms with van der Waals surface area (Å²) in [7, 11) is 0. The van der Waals surface area contributed by atoms with Gasteiger partial charge in [-0.1, -0.05) is 18.2 Å². The molecule has 4 heteroatoms. The maximum Gasteiger partial charge on any atom is 0.115 e. The molecular weight excluding hydrogens is 224 g/mol. The van der Waals surface area contributed by atoms with Gasteiger partial charge in [0.15, 0.2) is 0 Å². The lowest BCUT2D eigenvalue weighted by Gasteiger charge is -2.16. The number of hydrazine groups is 1. The van der Waals surface area contributed by atoms with Crippen molar-refractivity contribution in [2.45, 2.75) is 26.3 Å². The molecule has 2 aromatic rings. The van der Waals surface area contributed by atoms with Gasteiger partial charge in [0, 0.05) is 18.0 Å². The quantitative estimate of drug-likeness (QED) is 0.634. The van der Waals surface area contributed by atoms with Crippen molar-refractivity contribution in [2.24, 2.45) is 5.84 Å². The van der Waals surface area contributed by atoms with E-state index in [9.17, 15) is 0 Å². The summed E-state index contributed by atoms with van der Waals surface area (Å²) in [6, 6.07) is 6.51. The monoisotopic (exact) mass is 242 g/mol. The average molecular weight is 242 g/mol. The molecule has 1 aromatic heterocycles. The highest BCUT2D eigenvalue weighted by atomic mass is 15.2. The zero-order valence-corrected chi connectivity index (χ0v) is 10.7. The summed E-state index contributed by atoms with van der Waals surface area (Å²) in [6.07, 6.45) is 5.93. The number of aromatic nitrogens is 2. The van der Waals surface area contributed by atoms with E-state index in [0.29, 0.717) is 0 Å². The van der Waals surface area contributed by atoms with Crippen molar-refractivity contribution in [1.29, 1.82) is 0 Å². The largest absolute Gasteiger partial charge is 0.271 e. The lowest BCUT2D eigenvalue weighted by Crippen LogP contribution is -2.29. The summed E-state index contributed by atoms with van der Waals surface area (Å²) in [6.45, 7) is 4.23. The Labute approximate surface area is 107 Å². The predicted molar refractivity (Wildman–Crippen MR) is 71.7 cm³/mol. The molecule has 1 aromatic carbocycles. The fourth-order valence-corrected chi connectivity index (χ4v) is 1.93.